The van der Waals surface area contributed by atoms with Crippen molar-refractivity contribution in [3.63, 3.8) is 0 Å². The van der Waals surface area contributed by atoms with Gasteiger partial charge in [0.15, 0.2) is 0 Å². The first-order valence-electron chi connectivity index (χ1n) is 5.66. The van der Waals surface area contributed by atoms with E-state index in [4.69, 9.17) is 17.0 Å². The molecule has 94 valence electrons. The van der Waals surface area contributed by atoms with Gasteiger partial charge in [-0.25, -0.2) is 4.68 Å². The highest BCUT2D eigenvalue weighted by Gasteiger charge is 2.01. The van der Waals surface area contributed by atoms with Gasteiger partial charge in [-0.2, -0.15) is 5.21 Å². The number of tetrazole rings is 1. The van der Waals surface area contributed by atoms with E-state index in [9.17, 15) is 0 Å². The van der Waals surface area contributed by atoms with Gasteiger partial charge in [0.2, 0.25) is 4.77 Å². The molecular weight excluding hydrogens is 260 g/mol. The molecule has 0 spiro atoms. The Morgan fingerprint density at radius 2 is 1.63 bits per heavy atom. The molecule has 3 aromatic rings. The van der Waals surface area contributed by atoms with Crippen LogP contribution >= 0.6 is 12.2 Å². The largest absolute Gasteiger partial charge is 0.457 e. The number of rotatable bonds is 3. The highest BCUT2D eigenvalue weighted by Crippen LogP contribution is 2.21. The number of aromatic nitrogens is 4. The second kappa shape index (κ2) is 5.03. The fourth-order valence-electron chi connectivity index (χ4n) is 1.65. The molecule has 1 N–H and O–H groups in total. The first-order chi connectivity index (χ1) is 9.33. The predicted octanol–water partition coefficient (Wildman–Crippen LogP) is 3.12. The van der Waals surface area contributed by atoms with E-state index in [0.717, 1.165) is 17.2 Å². The SMILES string of the molecule is S=c1nn[nH]n1-c1ccc(Oc2ccccc2)cc1. The summed E-state index contributed by atoms with van der Waals surface area (Å²) in [5, 5.41) is 10.1. The van der Waals surface area contributed by atoms with Crippen LogP contribution in [0.3, 0.4) is 0 Å². The van der Waals surface area contributed by atoms with Crippen molar-refractivity contribution in [2.24, 2.45) is 0 Å². The number of hydrogen-bond acceptors (Lipinski definition) is 4. The number of nitrogens with one attached hydrogen (secondary N) is 1. The molecule has 0 amide bonds. The minimum Gasteiger partial charge on any atom is -0.457 e. The Morgan fingerprint density at radius 1 is 0.947 bits per heavy atom. The number of ether oxygens (including phenoxy) is 1. The molecule has 19 heavy (non-hydrogen) atoms. The van der Waals surface area contributed by atoms with Crippen molar-refractivity contribution < 1.29 is 4.74 Å². The summed E-state index contributed by atoms with van der Waals surface area (Å²) < 4.78 is 7.70. The molecule has 0 unspecified atom stereocenters. The number of H-pyrrole nitrogens is 1. The lowest BCUT2D eigenvalue weighted by Crippen LogP contribution is -1.96. The molecule has 3 rings (SSSR count). The van der Waals surface area contributed by atoms with Gasteiger partial charge in [0, 0.05) is 0 Å². The van der Waals surface area contributed by atoms with Gasteiger partial charge in [0.25, 0.3) is 0 Å². The zero-order valence-electron chi connectivity index (χ0n) is 9.85. The Morgan fingerprint density at radius 3 is 2.26 bits per heavy atom. The molecular formula is C13H10N4OS. The van der Waals surface area contributed by atoms with Crippen molar-refractivity contribution in [1.29, 1.82) is 0 Å². The van der Waals surface area contributed by atoms with Crippen LogP contribution in [0.4, 0.5) is 0 Å². The van der Waals surface area contributed by atoms with Gasteiger partial charge in [-0.3, -0.25) is 0 Å². The van der Waals surface area contributed by atoms with Crippen molar-refractivity contribution in [3.8, 4) is 17.2 Å². The molecule has 0 aliphatic heterocycles. The minimum absolute atomic E-state index is 0.386. The smallest absolute Gasteiger partial charge is 0.242 e. The molecule has 1 aromatic heterocycles. The lowest BCUT2D eigenvalue weighted by molar-refractivity contribution is 0.482. The molecule has 1 heterocycles. The molecule has 6 heteroatoms. The third-order valence-corrected chi connectivity index (χ3v) is 2.81. The normalized spacial score (nSPS) is 10.3. The van der Waals surface area contributed by atoms with Crippen molar-refractivity contribution in [3.05, 3.63) is 59.4 Å². The Labute approximate surface area is 114 Å². The highest BCUT2D eigenvalue weighted by atomic mass is 32.1. The average molecular weight is 270 g/mol. The number of nitrogens with zero attached hydrogens (tertiary/aromatic N) is 3. The maximum atomic E-state index is 5.70. The summed E-state index contributed by atoms with van der Waals surface area (Å²) in [6.07, 6.45) is 0. The maximum absolute atomic E-state index is 5.70. The third-order valence-electron chi connectivity index (χ3n) is 2.55. The topological polar surface area (TPSA) is 55.7 Å². The van der Waals surface area contributed by atoms with E-state index in [1.54, 1.807) is 4.68 Å². The van der Waals surface area contributed by atoms with E-state index >= 15 is 0 Å². The Hall–Kier alpha value is -2.47. The summed E-state index contributed by atoms with van der Waals surface area (Å²) in [5.41, 5.74) is 0.857. The lowest BCUT2D eigenvalue weighted by Gasteiger charge is -2.06. The van der Waals surface area contributed by atoms with Crippen LogP contribution in [-0.4, -0.2) is 20.2 Å². The van der Waals surface area contributed by atoms with Gasteiger partial charge in [-0.05, 0) is 48.6 Å². The zero-order chi connectivity index (χ0) is 13.1. The first kappa shape index (κ1) is 11.6. The fourth-order valence-corrected chi connectivity index (χ4v) is 1.84. The van der Waals surface area contributed by atoms with Crippen LogP contribution in [0.25, 0.3) is 5.69 Å². The zero-order valence-corrected chi connectivity index (χ0v) is 10.7. The van der Waals surface area contributed by atoms with Gasteiger partial charge in [-0.1, -0.05) is 28.5 Å². The molecule has 0 aliphatic carbocycles. The molecule has 0 saturated heterocycles. The Bertz CT molecular complexity index is 718. The molecule has 5 nitrogen and oxygen atoms in total. The number of para-hydroxylation sites is 1. The van der Waals surface area contributed by atoms with Gasteiger partial charge in [0.1, 0.15) is 11.5 Å². The maximum Gasteiger partial charge on any atom is 0.242 e. The minimum atomic E-state index is 0.386. The van der Waals surface area contributed by atoms with Crippen LogP contribution in [0, 0.1) is 4.77 Å². The van der Waals surface area contributed by atoms with Crippen LogP contribution in [0.1, 0.15) is 0 Å². The molecule has 0 saturated carbocycles. The predicted molar refractivity (Wildman–Crippen MR) is 73.1 cm³/mol. The fraction of sp³-hybridized carbons (Fsp3) is 0. The van der Waals surface area contributed by atoms with Gasteiger partial charge < -0.3 is 4.74 Å². The van der Waals surface area contributed by atoms with Crippen molar-refractivity contribution in [1.82, 2.24) is 20.2 Å². The molecule has 0 atom stereocenters. The lowest BCUT2D eigenvalue weighted by atomic mass is 10.3. The van der Waals surface area contributed by atoms with E-state index in [2.05, 4.69) is 15.5 Å². The number of aromatic amines is 1. The number of hydrogen-bond donors (Lipinski definition) is 1. The van der Waals surface area contributed by atoms with Crippen LogP contribution < -0.4 is 4.74 Å². The van der Waals surface area contributed by atoms with E-state index in [0.29, 0.717) is 4.77 Å². The van der Waals surface area contributed by atoms with Crippen molar-refractivity contribution in [2.75, 3.05) is 0 Å². The van der Waals surface area contributed by atoms with E-state index in [-0.39, 0.29) is 0 Å². The summed E-state index contributed by atoms with van der Waals surface area (Å²) in [7, 11) is 0. The average Bonchev–Trinajstić information content (AvgIpc) is 2.87. The Balaban J connectivity index is 1.84. The standard InChI is InChI=1S/C13H10N4OS/c19-13-14-15-16-17(13)10-6-8-12(9-7-10)18-11-4-2-1-3-5-11/h1-9H,(H,14,16,19). The summed E-state index contributed by atoms with van der Waals surface area (Å²) in [5.74, 6) is 1.56. The van der Waals surface area contributed by atoms with Crippen LogP contribution in [0.2, 0.25) is 0 Å². The van der Waals surface area contributed by atoms with E-state index < -0.39 is 0 Å². The summed E-state index contributed by atoms with van der Waals surface area (Å²) in [4.78, 5) is 0. The van der Waals surface area contributed by atoms with Crippen LogP contribution in [0.5, 0.6) is 11.5 Å². The van der Waals surface area contributed by atoms with E-state index in [1.807, 2.05) is 54.6 Å². The molecule has 0 radical (unpaired) electrons. The first-order valence-corrected chi connectivity index (χ1v) is 6.07. The van der Waals surface area contributed by atoms with Crippen LogP contribution in [-0.2, 0) is 0 Å². The molecule has 2 aromatic carbocycles. The second-order valence-corrected chi connectivity index (χ2v) is 4.19. The van der Waals surface area contributed by atoms with Gasteiger partial charge >= 0.3 is 0 Å². The van der Waals surface area contributed by atoms with Crippen molar-refractivity contribution in [2.45, 2.75) is 0 Å². The Kier molecular flexibility index (Phi) is 3.07. The monoisotopic (exact) mass is 270 g/mol. The second-order valence-electron chi connectivity index (χ2n) is 3.83. The quantitative estimate of drug-likeness (QED) is 0.743. The highest BCUT2D eigenvalue weighted by molar-refractivity contribution is 7.71. The van der Waals surface area contributed by atoms with Gasteiger partial charge in [0.05, 0.1) is 5.69 Å². The molecule has 0 bridgehead atoms. The van der Waals surface area contributed by atoms with Gasteiger partial charge in [-0.15, -0.1) is 0 Å². The third kappa shape index (κ3) is 2.53. The van der Waals surface area contributed by atoms with E-state index in [1.165, 1.54) is 0 Å². The molecule has 0 fully saturated rings. The van der Waals surface area contributed by atoms with Crippen molar-refractivity contribution >= 4 is 12.2 Å². The summed E-state index contributed by atoms with van der Waals surface area (Å²) >= 11 is 5.03. The summed E-state index contributed by atoms with van der Waals surface area (Å²) in [6, 6.07) is 17.1. The summed E-state index contributed by atoms with van der Waals surface area (Å²) in [6.45, 7) is 0. The molecule has 0 aliphatic rings. The number of benzene rings is 2. The van der Waals surface area contributed by atoms with Crippen LogP contribution in [0.15, 0.2) is 54.6 Å².